The van der Waals surface area contributed by atoms with E-state index in [-0.39, 0.29) is 0 Å². The van der Waals surface area contributed by atoms with Gasteiger partial charge < -0.3 is 10.2 Å². The van der Waals surface area contributed by atoms with E-state index in [1.165, 1.54) is 5.69 Å². The van der Waals surface area contributed by atoms with Crippen LogP contribution in [0, 0.1) is 0 Å². The standard InChI is InChI=1S/C26H29ClN2/c1-3-28-19-20-29(4-2)24-17-15-22(16-18-24)25(21-11-7-5-8-12-21)26(27)23-13-9-6-10-14-23/h5-18,28H,3-4,19-20H2,1-2H3. The van der Waals surface area contributed by atoms with Crippen LogP contribution in [-0.2, 0) is 0 Å². The summed E-state index contributed by atoms with van der Waals surface area (Å²) in [5.41, 5.74) is 5.56. The molecule has 0 radical (unpaired) electrons. The number of likely N-dealkylation sites (N-methyl/N-ethyl adjacent to an activating group) is 2. The zero-order chi connectivity index (χ0) is 20.5. The van der Waals surface area contributed by atoms with Crippen molar-refractivity contribution in [3.05, 3.63) is 102 Å². The average molecular weight is 405 g/mol. The fourth-order valence-electron chi connectivity index (χ4n) is 3.45. The van der Waals surface area contributed by atoms with E-state index in [9.17, 15) is 0 Å². The summed E-state index contributed by atoms with van der Waals surface area (Å²) in [5, 5.41) is 4.17. The van der Waals surface area contributed by atoms with E-state index >= 15 is 0 Å². The van der Waals surface area contributed by atoms with Gasteiger partial charge in [-0.1, -0.05) is 91.3 Å². The molecule has 2 nitrogen and oxygen atoms in total. The van der Waals surface area contributed by atoms with Crippen molar-refractivity contribution < 1.29 is 0 Å². The highest BCUT2D eigenvalue weighted by atomic mass is 35.5. The number of rotatable bonds is 9. The van der Waals surface area contributed by atoms with Gasteiger partial charge in [0, 0.05) is 30.9 Å². The molecule has 0 atom stereocenters. The predicted octanol–water partition coefficient (Wildman–Crippen LogP) is 6.28. The maximum Gasteiger partial charge on any atom is 0.0562 e. The molecule has 1 N–H and O–H groups in total. The molecule has 0 bridgehead atoms. The van der Waals surface area contributed by atoms with Crippen LogP contribution in [0.2, 0.25) is 0 Å². The first-order valence-corrected chi connectivity index (χ1v) is 10.7. The highest BCUT2D eigenvalue weighted by Crippen LogP contribution is 2.35. The van der Waals surface area contributed by atoms with Crippen LogP contribution in [-0.4, -0.2) is 26.2 Å². The van der Waals surface area contributed by atoms with Crippen molar-refractivity contribution in [1.82, 2.24) is 5.32 Å². The minimum absolute atomic E-state index is 0.768. The lowest BCUT2D eigenvalue weighted by atomic mass is 9.95. The van der Waals surface area contributed by atoms with Crippen molar-refractivity contribution >= 4 is 27.9 Å². The SMILES string of the molecule is CCNCCN(CC)c1ccc(C(=C(Cl)c2ccccc2)c2ccccc2)cc1. The largest absolute Gasteiger partial charge is 0.371 e. The number of halogens is 1. The third kappa shape index (κ3) is 5.50. The van der Waals surface area contributed by atoms with Gasteiger partial charge in [0.1, 0.15) is 0 Å². The van der Waals surface area contributed by atoms with Crippen molar-refractivity contribution in [1.29, 1.82) is 0 Å². The molecule has 0 aliphatic carbocycles. The van der Waals surface area contributed by atoms with Gasteiger partial charge in [-0.25, -0.2) is 0 Å². The zero-order valence-electron chi connectivity index (χ0n) is 17.2. The molecule has 3 heteroatoms. The van der Waals surface area contributed by atoms with Gasteiger partial charge in [0.25, 0.3) is 0 Å². The topological polar surface area (TPSA) is 15.3 Å². The molecule has 0 spiro atoms. The lowest BCUT2D eigenvalue weighted by Gasteiger charge is -2.24. The number of benzene rings is 3. The normalized spacial score (nSPS) is 11.8. The van der Waals surface area contributed by atoms with Gasteiger partial charge in [-0.3, -0.25) is 0 Å². The van der Waals surface area contributed by atoms with Crippen molar-refractivity contribution in [2.75, 3.05) is 31.1 Å². The van der Waals surface area contributed by atoms with Crippen molar-refractivity contribution in [2.24, 2.45) is 0 Å². The molecule has 0 aromatic heterocycles. The molecule has 0 fully saturated rings. The van der Waals surface area contributed by atoms with Crippen molar-refractivity contribution in [3.63, 3.8) is 0 Å². The first kappa shape index (κ1) is 21.2. The molecule has 3 aromatic rings. The molecule has 0 saturated carbocycles. The molecule has 0 amide bonds. The fraction of sp³-hybridized carbons (Fsp3) is 0.231. The molecule has 150 valence electrons. The van der Waals surface area contributed by atoms with Crippen molar-refractivity contribution in [2.45, 2.75) is 13.8 Å². The van der Waals surface area contributed by atoms with Crippen LogP contribution < -0.4 is 10.2 Å². The molecular weight excluding hydrogens is 376 g/mol. The Hall–Kier alpha value is -2.55. The van der Waals surface area contributed by atoms with E-state index in [1.54, 1.807) is 0 Å². The number of nitrogens with zero attached hydrogens (tertiary/aromatic N) is 1. The molecule has 3 aromatic carbocycles. The molecule has 3 rings (SSSR count). The summed E-state index contributed by atoms with van der Waals surface area (Å²) in [5.74, 6) is 0. The Labute approximate surface area is 179 Å². The summed E-state index contributed by atoms with van der Waals surface area (Å²) in [6.07, 6.45) is 0. The van der Waals surface area contributed by atoms with Crippen LogP contribution in [0.15, 0.2) is 84.9 Å². The molecule has 0 aliphatic rings. The van der Waals surface area contributed by atoms with Gasteiger partial charge >= 0.3 is 0 Å². The number of anilines is 1. The summed E-state index contributed by atoms with van der Waals surface area (Å²) in [4.78, 5) is 2.39. The van der Waals surface area contributed by atoms with Crippen molar-refractivity contribution in [3.8, 4) is 0 Å². The van der Waals surface area contributed by atoms with Gasteiger partial charge in [-0.05, 0) is 42.3 Å². The highest BCUT2D eigenvalue weighted by Gasteiger charge is 2.13. The third-order valence-corrected chi connectivity index (χ3v) is 5.43. The molecule has 0 saturated heterocycles. The lowest BCUT2D eigenvalue weighted by Crippen LogP contribution is -2.31. The number of hydrogen-bond acceptors (Lipinski definition) is 2. The van der Waals surface area contributed by atoms with E-state index in [4.69, 9.17) is 11.6 Å². The number of nitrogens with one attached hydrogen (secondary N) is 1. The summed E-state index contributed by atoms with van der Waals surface area (Å²) < 4.78 is 0. The highest BCUT2D eigenvalue weighted by molar-refractivity contribution is 6.53. The Morgan fingerprint density at radius 3 is 1.86 bits per heavy atom. The van der Waals surface area contributed by atoms with Crippen LogP contribution in [0.4, 0.5) is 5.69 Å². The summed E-state index contributed by atoms with van der Waals surface area (Å²) in [6.45, 7) is 8.30. The quantitative estimate of drug-likeness (QED) is 0.333. The second-order valence-corrected chi connectivity index (χ2v) is 7.28. The molecule has 0 aliphatic heterocycles. The first-order valence-electron chi connectivity index (χ1n) is 10.3. The van der Waals surface area contributed by atoms with E-state index in [1.807, 2.05) is 24.3 Å². The third-order valence-electron chi connectivity index (χ3n) is 5.02. The van der Waals surface area contributed by atoms with Gasteiger partial charge in [0.2, 0.25) is 0 Å². The zero-order valence-corrected chi connectivity index (χ0v) is 18.0. The maximum atomic E-state index is 6.92. The van der Waals surface area contributed by atoms with Gasteiger partial charge in [0.15, 0.2) is 0 Å². The Bertz CT molecular complexity index is 902. The van der Waals surface area contributed by atoms with Crippen LogP contribution in [0.5, 0.6) is 0 Å². The molecule has 0 heterocycles. The smallest absolute Gasteiger partial charge is 0.0562 e. The minimum Gasteiger partial charge on any atom is -0.371 e. The molecule has 0 unspecified atom stereocenters. The lowest BCUT2D eigenvalue weighted by molar-refractivity contribution is 0.688. The van der Waals surface area contributed by atoms with E-state index in [0.717, 1.165) is 53.5 Å². The maximum absolute atomic E-state index is 6.92. The van der Waals surface area contributed by atoms with E-state index in [2.05, 4.69) is 84.7 Å². The second-order valence-electron chi connectivity index (χ2n) is 6.90. The van der Waals surface area contributed by atoms with Crippen LogP contribution in [0.25, 0.3) is 10.6 Å². The first-order chi connectivity index (χ1) is 14.2. The number of hydrogen-bond donors (Lipinski definition) is 1. The fourth-order valence-corrected chi connectivity index (χ4v) is 3.80. The van der Waals surface area contributed by atoms with E-state index in [0.29, 0.717) is 0 Å². The average Bonchev–Trinajstić information content (AvgIpc) is 2.79. The van der Waals surface area contributed by atoms with Crippen LogP contribution in [0.1, 0.15) is 30.5 Å². The van der Waals surface area contributed by atoms with Gasteiger partial charge in [-0.15, -0.1) is 0 Å². The summed E-state index contributed by atoms with van der Waals surface area (Å²) in [7, 11) is 0. The van der Waals surface area contributed by atoms with Crippen LogP contribution >= 0.6 is 11.6 Å². The van der Waals surface area contributed by atoms with Gasteiger partial charge in [-0.2, -0.15) is 0 Å². The van der Waals surface area contributed by atoms with Crippen LogP contribution in [0.3, 0.4) is 0 Å². The minimum atomic E-state index is 0.768. The summed E-state index contributed by atoms with van der Waals surface area (Å²) >= 11 is 6.92. The Kier molecular flexibility index (Phi) is 7.92. The molecule has 29 heavy (non-hydrogen) atoms. The second kappa shape index (κ2) is 10.8. The molecular formula is C26H29ClN2. The monoisotopic (exact) mass is 404 g/mol. The van der Waals surface area contributed by atoms with E-state index < -0.39 is 0 Å². The van der Waals surface area contributed by atoms with Gasteiger partial charge in [0.05, 0.1) is 5.03 Å². The summed E-state index contributed by atoms with van der Waals surface area (Å²) in [6, 6.07) is 29.3. The Balaban J connectivity index is 1.97. The Morgan fingerprint density at radius 2 is 1.31 bits per heavy atom. The Morgan fingerprint density at radius 1 is 0.759 bits per heavy atom. The predicted molar refractivity (Wildman–Crippen MR) is 128 cm³/mol.